The molecule has 0 aliphatic rings. The molecule has 0 radical (unpaired) electrons. The molecule has 15 heavy (non-hydrogen) atoms. The SMILES string of the molecule is O=C(Cl)c1ccnc(-c2ccccn2)c1. The van der Waals surface area contributed by atoms with Gasteiger partial charge in [-0.25, -0.2) is 0 Å². The summed E-state index contributed by atoms with van der Waals surface area (Å²) in [5, 5.41) is -0.491. The highest BCUT2D eigenvalue weighted by atomic mass is 35.5. The Bertz CT molecular complexity index is 485. The van der Waals surface area contributed by atoms with Gasteiger partial charge in [-0.15, -0.1) is 0 Å². The van der Waals surface area contributed by atoms with Gasteiger partial charge in [0.1, 0.15) is 0 Å². The summed E-state index contributed by atoms with van der Waals surface area (Å²) in [4.78, 5) is 19.2. The zero-order chi connectivity index (χ0) is 10.7. The molecule has 0 amide bonds. The Morgan fingerprint density at radius 2 is 1.87 bits per heavy atom. The first-order valence-corrected chi connectivity index (χ1v) is 4.72. The van der Waals surface area contributed by atoms with Crippen LogP contribution >= 0.6 is 11.6 Å². The highest BCUT2D eigenvalue weighted by Crippen LogP contribution is 2.15. The molecule has 2 aromatic rings. The molecule has 2 rings (SSSR count). The highest BCUT2D eigenvalue weighted by Gasteiger charge is 2.05. The van der Waals surface area contributed by atoms with Crippen molar-refractivity contribution in [3.8, 4) is 11.4 Å². The summed E-state index contributed by atoms with van der Waals surface area (Å²) in [7, 11) is 0. The van der Waals surface area contributed by atoms with Gasteiger partial charge in [0.15, 0.2) is 0 Å². The maximum atomic E-state index is 10.9. The fourth-order valence-corrected chi connectivity index (χ4v) is 1.32. The first kappa shape index (κ1) is 9.80. The molecular formula is C11H7ClN2O. The van der Waals surface area contributed by atoms with E-state index in [4.69, 9.17) is 11.6 Å². The maximum absolute atomic E-state index is 10.9. The molecule has 74 valence electrons. The predicted molar refractivity (Wildman–Crippen MR) is 57.7 cm³/mol. The lowest BCUT2D eigenvalue weighted by Gasteiger charge is -2.00. The summed E-state index contributed by atoms with van der Waals surface area (Å²) in [5.74, 6) is 0. The van der Waals surface area contributed by atoms with Crippen molar-refractivity contribution in [1.82, 2.24) is 9.97 Å². The monoisotopic (exact) mass is 218 g/mol. The zero-order valence-corrected chi connectivity index (χ0v) is 8.48. The van der Waals surface area contributed by atoms with Gasteiger partial charge in [0.25, 0.3) is 5.24 Å². The number of carbonyl (C=O) groups excluding carboxylic acids is 1. The summed E-state index contributed by atoms with van der Waals surface area (Å²) in [6.07, 6.45) is 3.21. The fraction of sp³-hybridized carbons (Fsp3) is 0. The van der Waals surface area contributed by atoms with Crippen molar-refractivity contribution >= 4 is 16.8 Å². The van der Waals surface area contributed by atoms with Crippen LogP contribution in [0.3, 0.4) is 0 Å². The van der Waals surface area contributed by atoms with Crippen molar-refractivity contribution in [2.75, 3.05) is 0 Å². The average molecular weight is 219 g/mol. The first-order chi connectivity index (χ1) is 7.27. The molecule has 0 aliphatic carbocycles. The fourth-order valence-electron chi connectivity index (χ4n) is 1.21. The Morgan fingerprint density at radius 1 is 1.07 bits per heavy atom. The van der Waals surface area contributed by atoms with Gasteiger partial charge >= 0.3 is 0 Å². The van der Waals surface area contributed by atoms with Crippen LogP contribution in [-0.2, 0) is 0 Å². The maximum Gasteiger partial charge on any atom is 0.252 e. The summed E-state index contributed by atoms with van der Waals surface area (Å²) in [5.41, 5.74) is 1.78. The third-order valence-electron chi connectivity index (χ3n) is 1.91. The van der Waals surface area contributed by atoms with Gasteiger partial charge in [-0.1, -0.05) is 6.07 Å². The topological polar surface area (TPSA) is 42.9 Å². The van der Waals surface area contributed by atoms with Gasteiger partial charge in [0.05, 0.1) is 11.4 Å². The van der Waals surface area contributed by atoms with E-state index >= 15 is 0 Å². The lowest BCUT2D eigenvalue weighted by molar-refractivity contribution is 0.108. The number of rotatable bonds is 2. The summed E-state index contributed by atoms with van der Waals surface area (Å²) in [6.45, 7) is 0. The molecule has 0 atom stereocenters. The molecule has 0 bridgehead atoms. The van der Waals surface area contributed by atoms with Gasteiger partial charge in [0.2, 0.25) is 0 Å². The summed E-state index contributed by atoms with van der Waals surface area (Å²) >= 11 is 5.38. The standard InChI is InChI=1S/C11H7ClN2O/c12-11(15)8-4-6-14-10(7-8)9-3-1-2-5-13-9/h1-7H. The van der Waals surface area contributed by atoms with E-state index in [1.807, 2.05) is 18.2 Å². The van der Waals surface area contributed by atoms with E-state index in [0.29, 0.717) is 11.3 Å². The molecule has 2 heterocycles. The molecule has 0 unspecified atom stereocenters. The second-order valence-corrected chi connectivity index (χ2v) is 3.26. The van der Waals surface area contributed by atoms with Crippen molar-refractivity contribution in [2.24, 2.45) is 0 Å². The van der Waals surface area contributed by atoms with E-state index in [1.165, 1.54) is 0 Å². The van der Waals surface area contributed by atoms with Crippen LogP contribution in [0, 0.1) is 0 Å². The zero-order valence-electron chi connectivity index (χ0n) is 7.72. The summed E-state index contributed by atoms with van der Waals surface area (Å²) in [6, 6.07) is 8.70. The van der Waals surface area contributed by atoms with Crippen molar-refractivity contribution in [3.05, 3.63) is 48.3 Å². The van der Waals surface area contributed by atoms with Crippen LogP contribution in [0.25, 0.3) is 11.4 Å². The number of hydrogen-bond donors (Lipinski definition) is 0. The second-order valence-electron chi connectivity index (χ2n) is 2.92. The highest BCUT2D eigenvalue weighted by molar-refractivity contribution is 6.67. The molecule has 0 aromatic carbocycles. The molecule has 0 fully saturated rings. The Morgan fingerprint density at radius 3 is 2.53 bits per heavy atom. The van der Waals surface area contributed by atoms with E-state index in [1.54, 1.807) is 24.5 Å². The van der Waals surface area contributed by atoms with Crippen LogP contribution in [-0.4, -0.2) is 15.2 Å². The molecule has 0 aliphatic heterocycles. The minimum absolute atomic E-state index is 0.423. The minimum Gasteiger partial charge on any atom is -0.276 e. The van der Waals surface area contributed by atoms with E-state index in [-0.39, 0.29) is 0 Å². The third kappa shape index (κ3) is 2.19. The van der Waals surface area contributed by atoms with Crippen molar-refractivity contribution < 1.29 is 4.79 Å². The predicted octanol–water partition coefficient (Wildman–Crippen LogP) is 2.52. The number of halogens is 1. The van der Waals surface area contributed by atoms with Crippen LogP contribution in [0.2, 0.25) is 0 Å². The molecule has 2 aromatic heterocycles. The molecule has 0 N–H and O–H groups in total. The van der Waals surface area contributed by atoms with Crippen LogP contribution < -0.4 is 0 Å². The first-order valence-electron chi connectivity index (χ1n) is 4.34. The van der Waals surface area contributed by atoms with Crippen LogP contribution in [0.5, 0.6) is 0 Å². The van der Waals surface area contributed by atoms with E-state index < -0.39 is 5.24 Å². The lowest BCUT2D eigenvalue weighted by atomic mass is 10.2. The Balaban J connectivity index is 2.46. The molecule has 0 saturated heterocycles. The van der Waals surface area contributed by atoms with Gasteiger partial charge < -0.3 is 0 Å². The lowest BCUT2D eigenvalue weighted by Crippen LogP contribution is -1.92. The second kappa shape index (κ2) is 4.19. The molecule has 0 saturated carbocycles. The smallest absolute Gasteiger partial charge is 0.252 e. The van der Waals surface area contributed by atoms with Gasteiger partial charge in [-0.05, 0) is 35.9 Å². The van der Waals surface area contributed by atoms with Crippen LogP contribution in [0.1, 0.15) is 10.4 Å². The van der Waals surface area contributed by atoms with Gasteiger partial charge in [-0.2, -0.15) is 0 Å². The minimum atomic E-state index is -0.491. The summed E-state index contributed by atoms with van der Waals surface area (Å²) < 4.78 is 0. The number of nitrogens with zero attached hydrogens (tertiary/aromatic N) is 2. The quantitative estimate of drug-likeness (QED) is 0.728. The van der Waals surface area contributed by atoms with Crippen molar-refractivity contribution in [1.29, 1.82) is 0 Å². The number of hydrogen-bond acceptors (Lipinski definition) is 3. The van der Waals surface area contributed by atoms with Crippen LogP contribution in [0.15, 0.2) is 42.7 Å². The average Bonchev–Trinajstić information content (AvgIpc) is 2.30. The van der Waals surface area contributed by atoms with Gasteiger partial charge in [0, 0.05) is 18.0 Å². The molecule has 4 heteroatoms. The van der Waals surface area contributed by atoms with Crippen LogP contribution in [0.4, 0.5) is 0 Å². The third-order valence-corrected chi connectivity index (χ3v) is 2.13. The largest absolute Gasteiger partial charge is 0.276 e. The van der Waals surface area contributed by atoms with E-state index in [0.717, 1.165) is 5.69 Å². The number of aromatic nitrogens is 2. The Kier molecular flexibility index (Phi) is 2.74. The Hall–Kier alpha value is -1.74. The van der Waals surface area contributed by atoms with Crippen molar-refractivity contribution in [2.45, 2.75) is 0 Å². The van der Waals surface area contributed by atoms with Gasteiger partial charge in [-0.3, -0.25) is 14.8 Å². The number of pyridine rings is 2. The van der Waals surface area contributed by atoms with Crippen molar-refractivity contribution in [3.63, 3.8) is 0 Å². The Labute approximate surface area is 91.8 Å². The molecule has 0 spiro atoms. The van der Waals surface area contributed by atoms with E-state index in [2.05, 4.69) is 9.97 Å². The normalized spacial score (nSPS) is 9.93. The molecule has 3 nitrogen and oxygen atoms in total. The van der Waals surface area contributed by atoms with E-state index in [9.17, 15) is 4.79 Å². The number of carbonyl (C=O) groups is 1. The molecular weight excluding hydrogens is 212 g/mol.